The second-order valence-electron chi connectivity index (χ2n) is 13.7. The lowest BCUT2D eigenvalue weighted by Gasteiger charge is -2.29. The van der Waals surface area contributed by atoms with E-state index in [-0.39, 0.29) is 47.4 Å². The molecule has 3 aromatic rings. The lowest BCUT2D eigenvalue weighted by Crippen LogP contribution is -2.40. The molecule has 2 aliphatic carbocycles. The predicted molar refractivity (Wildman–Crippen MR) is 199 cm³/mol. The van der Waals surface area contributed by atoms with Crippen LogP contribution in [0.3, 0.4) is 0 Å². The number of nitrogens with one attached hydrogen (secondary N) is 1. The van der Waals surface area contributed by atoms with Crippen molar-refractivity contribution in [3.05, 3.63) is 106 Å². The van der Waals surface area contributed by atoms with Crippen molar-refractivity contribution in [1.29, 1.82) is 0 Å². The van der Waals surface area contributed by atoms with E-state index in [2.05, 4.69) is 33.0 Å². The Labute approximate surface area is 291 Å². The summed E-state index contributed by atoms with van der Waals surface area (Å²) in [6, 6.07) is 17.4. The number of carbonyl (C=O) groups excluding carboxylic acids is 2. The highest BCUT2D eigenvalue weighted by Crippen LogP contribution is 2.40. The molecule has 2 amide bonds. The van der Waals surface area contributed by atoms with Crippen molar-refractivity contribution in [2.45, 2.75) is 72.8 Å². The van der Waals surface area contributed by atoms with Crippen LogP contribution in [0.2, 0.25) is 0 Å². The van der Waals surface area contributed by atoms with Gasteiger partial charge in [0.25, 0.3) is 0 Å². The molecule has 0 unspecified atom stereocenters. The van der Waals surface area contributed by atoms with Gasteiger partial charge in [0, 0.05) is 54.7 Å². The minimum Gasteiger partial charge on any atom is -0.374 e. The number of allylic oxidation sites excluding steroid dienone is 2. The Morgan fingerprint density at radius 3 is 1.73 bits per heavy atom. The number of amides is 2. The Kier molecular flexibility index (Phi) is 12.1. The van der Waals surface area contributed by atoms with Crippen LogP contribution in [0.5, 0.6) is 0 Å². The van der Waals surface area contributed by atoms with Gasteiger partial charge >= 0.3 is 0 Å². The maximum atomic E-state index is 15.5. The van der Waals surface area contributed by atoms with Crippen LogP contribution in [0.4, 0.5) is 20.2 Å². The second-order valence-corrected chi connectivity index (χ2v) is 13.7. The number of rotatable bonds is 12. The van der Waals surface area contributed by atoms with Crippen molar-refractivity contribution in [2.75, 3.05) is 49.5 Å². The Balaban J connectivity index is 0.000000230. The molecule has 0 bridgehead atoms. The first-order chi connectivity index (χ1) is 23.3. The zero-order valence-electron chi connectivity index (χ0n) is 30.4. The summed E-state index contributed by atoms with van der Waals surface area (Å²) >= 11 is 0. The van der Waals surface area contributed by atoms with E-state index in [1.807, 2.05) is 105 Å². The molecular formula is C41H52F2N4O2. The number of likely N-dealkylation sites (N-methyl/N-ethyl adjacent to an activating group) is 2. The smallest absolute Gasteiger partial charge is 0.242 e. The van der Waals surface area contributed by atoms with E-state index in [0.717, 1.165) is 16.7 Å². The fourth-order valence-corrected chi connectivity index (χ4v) is 6.50. The first kappa shape index (κ1) is 37.4. The minimum absolute atomic E-state index is 0.0108. The number of halogens is 2. The minimum atomic E-state index is -0.276. The lowest BCUT2D eigenvalue weighted by atomic mass is 9.87. The molecule has 262 valence electrons. The van der Waals surface area contributed by atoms with Crippen molar-refractivity contribution in [3.8, 4) is 0 Å². The molecule has 0 atom stereocenters. The third-order valence-electron chi connectivity index (χ3n) is 9.61. The standard InChI is InChI=1S/C24H29FN2O.C17H23FN2O/c1-5-26(6-2)22(28)17-27(16-18-10-8-7-9-11-18)21-13-12-20-19(23(21)25)14-15-24(20,3)4;1-5-20(6-2)15(21)11-19-14-8-7-13-12(16(14)18)9-10-17(13,3)4/h7-15H,5-6,16-17H2,1-4H3;7-10,19H,5-6,11H2,1-4H3. The van der Waals surface area contributed by atoms with Crippen LogP contribution in [0.15, 0.2) is 66.7 Å². The van der Waals surface area contributed by atoms with E-state index in [0.29, 0.717) is 55.2 Å². The highest BCUT2D eigenvalue weighted by Gasteiger charge is 2.30. The van der Waals surface area contributed by atoms with Gasteiger partial charge in [0.15, 0.2) is 11.6 Å². The maximum absolute atomic E-state index is 15.5. The van der Waals surface area contributed by atoms with Crippen LogP contribution in [0, 0.1) is 11.6 Å². The highest BCUT2D eigenvalue weighted by atomic mass is 19.1. The van der Waals surface area contributed by atoms with Crippen LogP contribution >= 0.6 is 0 Å². The Morgan fingerprint density at radius 1 is 0.673 bits per heavy atom. The SMILES string of the molecule is CCN(CC)C(=O)CN(Cc1ccccc1)c1ccc2c(c1F)C=CC2(C)C.CCN(CC)C(=O)CNc1ccc2c(c1F)C=CC2(C)C. The van der Waals surface area contributed by atoms with Crippen LogP contribution in [0.1, 0.15) is 83.2 Å². The molecule has 6 nitrogen and oxygen atoms in total. The van der Waals surface area contributed by atoms with Gasteiger partial charge in [0.2, 0.25) is 11.8 Å². The third kappa shape index (κ3) is 8.41. The molecular weight excluding hydrogens is 618 g/mol. The van der Waals surface area contributed by atoms with E-state index in [1.165, 1.54) is 0 Å². The molecule has 49 heavy (non-hydrogen) atoms. The van der Waals surface area contributed by atoms with Gasteiger partial charge in [-0.2, -0.15) is 0 Å². The van der Waals surface area contributed by atoms with Crippen LogP contribution in [0.25, 0.3) is 12.2 Å². The molecule has 3 aromatic carbocycles. The zero-order chi connectivity index (χ0) is 35.9. The summed E-state index contributed by atoms with van der Waals surface area (Å²) in [4.78, 5) is 30.1. The Bertz CT molecular complexity index is 1690. The first-order valence-electron chi connectivity index (χ1n) is 17.4. The van der Waals surface area contributed by atoms with Gasteiger partial charge in [-0.15, -0.1) is 0 Å². The van der Waals surface area contributed by atoms with E-state index < -0.39 is 0 Å². The average molecular weight is 671 g/mol. The summed E-state index contributed by atoms with van der Waals surface area (Å²) in [7, 11) is 0. The summed E-state index contributed by atoms with van der Waals surface area (Å²) in [6.07, 6.45) is 7.72. The molecule has 5 rings (SSSR count). The largest absolute Gasteiger partial charge is 0.374 e. The monoisotopic (exact) mass is 670 g/mol. The number of anilines is 2. The molecule has 0 heterocycles. The number of fused-ring (bicyclic) bond motifs is 2. The van der Waals surface area contributed by atoms with Crippen molar-refractivity contribution in [2.24, 2.45) is 0 Å². The van der Waals surface area contributed by atoms with E-state index in [9.17, 15) is 14.0 Å². The fourth-order valence-electron chi connectivity index (χ4n) is 6.50. The molecule has 0 fully saturated rings. The topological polar surface area (TPSA) is 55.9 Å². The van der Waals surface area contributed by atoms with E-state index in [4.69, 9.17) is 0 Å². The number of hydrogen-bond donors (Lipinski definition) is 1. The zero-order valence-corrected chi connectivity index (χ0v) is 30.4. The molecule has 0 saturated carbocycles. The number of nitrogens with zero attached hydrogens (tertiary/aromatic N) is 3. The van der Waals surface area contributed by atoms with Gasteiger partial charge < -0.3 is 20.0 Å². The van der Waals surface area contributed by atoms with Gasteiger partial charge in [-0.1, -0.05) is 94.5 Å². The normalized spacial score (nSPS) is 14.4. The van der Waals surface area contributed by atoms with Crippen molar-refractivity contribution in [1.82, 2.24) is 9.80 Å². The lowest BCUT2D eigenvalue weighted by molar-refractivity contribution is -0.130. The Hall–Kier alpha value is -4.46. The summed E-state index contributed by atoms with van der Waals surface area (Å²) in [5.41, 5.74) is 4.84. The van der Waals surface area contributed by atoms with E-state index in [1.54, 1.807) is 15.9 Å². The molecule has 0 aliphatic heterocycles. The molecule has 8 heteroatoms. The van der Waals surface area contributed by atoms with Crippen LogP contribution in [-0.4, -0.2) is 60.9 Å². The van der Waals surface area contributed by atoms with Gasteiger partial charge in [-0.05, 0) is 56.5 Å². The molecule has 0 spiro atoms. The van der Waals surface area contributed by atoms with Gasteiger partial charge in [0.05, 0.1) is 24.5 Å². The molecule has 0 saturated heterocycles. The summed E-state index contributed by atoms with van der Waals surface area (Å²) in [5, 5.41) is 2.92. The van der Waals surface area contributed by atoms with Gasteiger partial charge in [-0.25, -0.2) is 8.78 Å². The van der Waals surface area contributed by atoms with Crippen molar-refractivity contribution >= 4 is 35.3 Å². The summed E-state index contributed by atoms with van der Waals surface area (Å²) in [6.45, 7) is 19.5. The van der Waals surface area contributed by atoms with E-state index >= 15 is 4.39 Å². The maximum Gasteiger partial charge on any atom is 0.242 e. The third-order valence-corrected chi connectivity index (χ3v) is 9.61. The number of hydrogen-bond acceptors (Lipinski definition) is 4. The summed E-state index contributed by atoms with van der Waals surface area (Å²) < 4.78 is 30.0. The van der Waals surface area contributed by atoms with Crippen LogP contribution in [-0.2, 0) is 27.0 Å². The molecule has 0 radical (unpaired) electrons. The van der Waals surface area contributed by atoms with Gasteiger partial charge in [0.1, 0.15) is 0 Å². The quantitative estimate of drug-likeness (QED) is 0.210. The first-order valence-corrected chi connectivity index (χ1v) is 17.4. The molecule has 1 N–H and O–H groups in total. The summed E-state index contributed by atoms with van der Waals surface area (Å²) in [5.74, 6) is -0.531. The van der Waals surface area contributed by atoms with Crippen molar-refractivity contribution < 1.29 is 18.4 Å². The highest BCUT2D eigenvalue weighted by molar-refractivity contribution is 5.83. The van der Waals surface area contributed by atoms with Gasteiger partial charge in [-0.3, -0.25) is 9.59 Å². The number of carbonyl (C=O) groups is 2. The van der Waals surface area contributed by atoms with Crippen LogP contribution < -0.4 is 10.2 Å². The fraction of sp³-hybridized carbons (Fsp3) is 0.415. The predicted octanol–water partition coefficient (Wildman–Crippen LogP) is 8.42. The second kappa shape index (κ2) is 15.8. The van der Waals surface area contributed by atoms with Crippen molar-refractivity contribution in [3.63, 3.8) is 0 Å². The molecule has 0 aromatic heterocycles. The molecule has 2 aliphatic rings. The average Bonchev–Trinajstić information content (AvgIpc) is 3.57. The number of benzene rings is 3. The Morgan fingerprint density at radius 2 is 1.18 bits per heavy atom.